The number of phenolic OH excluding ortho intramolecular Hbond substituents is 1. The summed E-state index contributed by atoms with van der Waals surface area (Å²) in [5.41, 5.74) is 1.48. The number of nitrogens with zero attached hydrogens (tertiary/aromatic N) is 1. The predicted octanol–water partition coefficient (Wildman–Crippen LogP) is 2.24. The summed E-state index contributed by atoms with van der Waals surface area (Å²) in [6, 6.07) is 6.66. The van der Waals surface area contributed by atoms with E-state index in [2.05, 4.69) is 0 Å². The van der Waals surface area contributed by atoms with Gasteiger partial charge in [0.05, 0.1) is 30.9 Å². The average Bonchev–Trinajstić information content (AvgIpc) is 3.19. The Morgan fingerprint density at radius 2 is 2.20 bits per heavy atom. The quantitative estimate of drug-likeness (QED) is 0.670. The number of para-hydroxylation sites is 1. The van der Waals surface area contributed by atoms with Crippen LogP contribution in [-0.2, 0) is 19.1 Å². The minimum atomic E-state index is -0.567. The molecule has 0 radical (unpaired) electrons. The normalized spacial score (nSPS) is 22.2. The summed E-state index contributed by atoms with van der Waals surface area (Å²) in [5.74, 6) is -0.804. The second kappa shape index (κ2) is 7.11. The van der Waals surface area contributed by atoms with Crippen molar-refractivity contribution in [2.24, 2.45) is 0 Å². The van der Waals surface area contributed by atoms with E-state index in [1.165, 1.54) is 19.3 Å². The van der Waals surface area contributed by atoms with Gasteiger partial charge in [-0.05, 0) is 31.9 Å². The molecular weight excluding hydrogens is 322 g/mol. The van der Waals surface area contributed by atoms with Crippen molar-refractivity contribution < 1.29 is 24.2 Å². The molecular formula is C19H21NO5. The van der Waals surface area contributed by atoms with E-state index in [-0.39, 0.29) is 28.9 Å². The van der Waals surface area contributed by atoms with Gasteiger partial charge in [-0.25, -0.2) is 4.79 Å². The number of aromatic hydroxyl groups is 1. The number of amides is 1. The Labute approximate surface area is 146 Å². The number of benzene rings is 1. The molecule has 2 aliphatic heterocycles. The maximum Gasteiger partial charge on any atom is 0.340 e. The lowest BCUT2D eigenvalue weighted by Crippen LogP contribution is -2.33. The van der Waals surface area contributed by atoms with Gasteiger partial charge in [0, 0.05) is 17.9 Å². The van der Waals surface area contributed by atoms with Gasteiger partial charge in [-0.1, -0.05) is 18.2 Å². The van der Waals surface area contributed by atoms with Crippen LogP contribution >= 0.6 is 0 Å². The Hall–Kier alpha value is -2.60. The summed E-state index contributed by atoms with van der Waals surface area (Å²) in [6.45, 7) is 2.83. The first-order valence-electron chi connectivity index (χ1n) is 8.25. The molecule has 1 fully saturated rings. The largest absolute Gasteiger partial charge is 0.507 e. The monoisotopic (exact) mass is 343 g/mol. The van der Waals surface area contributed by atoms with Gasteiger partial charge >= 0.3 is 5.97 Å². The molecule has 0 saturated carbocycles. The van der Waals surface area contributed by atoms with E-state index < -0.39 is 5.97 Å². The zero-order chi connectivity index (χ0) is 18.0. The Kier molecular flexibility index (Phi) is 4.90. The van der Waals surface area contributed by atoms with Gasteiger partial charge in [-0.3, -0.25) is 4.79 Å². The van der Waals surface area contributed by atoms with Crippen LogP contribution < -0.4 is 0 Å². The average molecular weight is 343 g/mol. The molecule has 6 heteroatoms. The minimum absolute atomic E-state index is 0.0257. The minimum Gasteiger partial charge on any atom is -0.507 e. The fraction of sp³-hybridized carbons (Fsp3) is 0.368. The summed E-state index contributed by atoms with van der Waals surface area (Å²) in [5, 5.41) is 9.98. The van der Waals surface area contributed by atoms with Crippen LogP contribution in [0.5, 0.6) is 5.75 Å². The van der Waals surface area contributed by atoms with Crippen molar-refractivity contribution in [3.63, 3.8) is 0 Å². The van der Waals surface area contributed by atoms with Crippen molar-refractivity contribution in [2.45, 2.75) is 25.9 Å². The molecule has 1 atom stereocenters. The number of esters is 1. The maximum atomic E-state index is 12.9. The molecule has 6 nitrogen and oxygen atoms in total. The highest BCUT2D eigenvalue weighted by molar-refractivity contribution is 6.16. The van der Waals surface area contributed by atoms with Crippen molar-refractivity contribution in [1.29, 1.82) is 0 Å². The van der Waals surface area contributed by atoms with Crippen LogP contribution in [0.25, 0.3) is 6.08 Å². The van der Waals surface area contributed by atoms with Gasteiger partial charge in [-0.2, -0.15) is 0 Å². The van der Waals surface area contributed by atoms with Crippen LogP contribution in [-0.4, -0.2) is 48.2 Å². The van der Waals surface area contributed by atoms with Gasteiger partial charge < -0.3 is 19.5 Å². The fourth-order valence-electron chi connectivity index (χ4n) is 3.21. The van der Waals surface area contributed by atoms with Crippen LogP contribution in [0.4, 0.5) is 0 Å². The van der Waals surface area contributed by atoms with Crippen LogP contribution in [0.15, 0.2) is 41.1 Å². The molecule has 1 unspecified atom stereocenters. The Morgan fingerprint density at radius 3 is 2.84 bits per heavy atom. The highest BCUT2D eigenvalue weighted by atomic mass is 16.5. The highest BCUT2D eigenvalue weighted by Gasteiger charge is 2.38. The second-order valence-corrected chi connectivity index (χ2v) is 6.12. The zero-order valence-electron chi connectivity index (χ0n) is 14.3. The molecule has 1 aromatic carbocycles. The van der Waals surface area contributed by atoms with Crippen LogP contribution in [0.2, 0.25) is 0 Å². The lowest BCUT2D eigenvalue weighted by atomic mass is 10.0. The first-order chi connectivity index (χ1) is 12.0. The maximum absolute atomic E-state index is 12.9. The number of ether oxygens (including phenoxy) is 2. The van der Waals surface area contributed by atoms with Crippen LogP contribution in [0.3, 0.4) is 0 Å². The van der Waals surface area contributed by atoms with E-state index in [4.69, 9.17) is 9.47 Å². The van der Waals surface area contributed by atoms with Gasteiger partial charge in [0.2, 0.25) is 0 Å². The number of rotatable bonds is 4. The topological polar surface area (TPSA) is 76.1 Å². The van der Waals surface area contributed by atoms with Crippen molar-refractivity contribution in [2.75, 3.05) is 20.3 Å². The van der Waals surface area contributed by atoms with Crippen molar-refractivity contribution in [3.8, 4) is 5.75 Å². The van der Waals surface area contributed by atoms with Crippen molar-refractivity contribution in [1.82, 2.24) is 4.90 Å². The molecule has 1 N–H and O–H groups in total. The lowest BCUT2D eigenvalue weighted by molar-refractivity contribution is -0.136. The Balaban J connectivity index is 2.00. The van der Waals surface area contributed by atoms with E-state index in [1.54, 1.807) is 30.0 Å². The van der Waals surface area contributed by atoms with Gasteiger partial charge in [0.25, 0.3) is 5.91 Å². The summed E-state index contributed by atoms with van der Waals surface area (Å²) < 4.78 is 10.5. The number of phenols is 1. The lowest BCUT2D eigenvalue weighted by Gasteiger charge is -2.21. The number of methoxy groups -OCH3 is 1. The number of allylic oxidation sites excluding steroid dienone is 1. The number of hydrogen-bond acceptors (Lipinski definition) is 5. The standard InChI is InChI=1S/C19H21NO5/c1-12-17(19(23)24-2)15(10-13-6-3-4-8-16(13)21)18(22)20(12)11-14-7-5-9-25-14/h3-4,6,8,10,14,21H,5,7,9,11H2,1-2H3. The fourth-order valence-corrected chi connectivity index (χ4v) is 3.21. The molecule has 0 aliphatic carbocycles. The third-order valence-corrected chi connectivity index (χ3v) is 4.55. The van der Waals surface area contributed by atoms with Crippen molar-refractivity contribution >= 4 is 18.0 Å². The van der Waals surface area contributed by atoms with Crippen LogP contribution in [0.1, 0.15) is 25.3 Å². The van der Waals surface area contributed by atoms with Gasteiger partial charge in [0.15, 0.2) is 0 Å². The molecule has 1 amide bonds. The van der Waals surface area contributed by atoms with Gasteiger partial charge in [-0.15, -0.1) is 0 Å². The Bertz CT molecular complexity index is 759. The van der Waals surface area contributed by atoms with E-state index in [9.17, 15) is 14.7 Å². The van der Waals surface area contributed by atoms with Crippen molar-refractivity contribution in [3.05, 3.63) is 46.7 Å². The highest BCUT2D eigenvalue weighted by Crippen LogP contribution is 2.33. The van der Waals surface area contributed by atoms with Crippen LogP contribution in [0, 0.1) is 0 Å². The molecule has 1 saturated heterocycles. The SMILES string of the molecule is COC(=O)C1=C(C)N(CC2CCCO2)C(=O)C1=Cc1ccccc1O. The Morgan fingerprint density at radius 1 is 1.44 bits per heavy atom. The number of hydrogen-bond donors (Lipinski definition) is 1. The molecule has 132 valence electrons. The summed E-state index contributed by atoms with van der Waals surface area (Å²) in [4.78, 5) is 26.7. The van der Waals surface area contributed by atoms with E-state index in [0.717, 1.165) is 12.8 Å². The molecule has 2 heterocycles. The van der Waals surface area contributed by atoms with E-state index >= 15 is 0 Å². The summed E-state index contributed by atoms with van der Waals surface area (Å²) in [6.07, 6.45) is 3.37. The van der Waals surface area contributed by atoms with Gasteiger partial charge in [0.1, 0.15) is 5.75 Å². The second-order valence-electron chi connectivity index (χ2n) is 6.12. The number of carbonyl (C=O) groups is 2. The molecule has 1 aromatic rings. The molecule has 0 bridgehead atoms. The summed E-state index contributed by atoms with van der Waals surface area (Å²) in [7, 11) is 1.29. The number of carbonyl (C=O) groups excluding carboxylic acids is 2. The molecule has 0 spiro atoms. The summed E-state index contributed by atoms with van der Waals surface area (Å²) >= 11 is 0. The molecule has 0 aromatic heterocycles. The molecule has 2 aliphatic rings. The van der Waals surface area contributed by atoms with E-state index in [1.807, 2.05) is 0 Å². The third-order valence-electron chi connectivity index (χ3n) is 4.55. The molecule has 3 rings (SSSR count). The zero-order valence-corrected chi connectivity index (χ0v) is 14.3. The first kappa shape index (κ1) is 17.2. The smallest absolute Gasteiger partial charge is 0.340 e. The predicted molar refractivity (Wildman–Crippen MR) is 91.5 cm³/mol. The first-order valence-corrected chi connectivity index (χ1v) is 8.25. The third kappa shape index (κ3) is 3.30. The van der Waals surface area contributed by atoms with E-state index in [0.29, 0.717) is 24.4 Å². The molecule has 25 heavy (non-hydrogen) atoms.